The van der Waals surface area contributed by atoms with Crippen LogP contribution in [0.3, 0.4) is 0 Å². The number of rotatable bonds is 6. The molecule has 1 heterocycles. The predicted octanol–water partition coefficient (Wildman–Crippen LogP) is 4.10. The molecule has 1 aromatic carbocycles. The second-order valence-corrected chi connectivity index (χ2v) is 5.47. The van der Waals surface area contributed by atoms with E-state index in [1.165, 1.54) is 5.56 Å². The second-order valence-electron chi connectivity index (χ2n) is 4.65. The molecular formula is C15H19Cl2N3. The maximum atomic E-state index is 6.31. The maximum Gasteiger partial charge on any atom is 0.0522 e. The monoisotopic (exact) mass is 311 g/mol. The van der Waals surface area contributed by atoms with Crippen LogP contribution in [0.4, 0.5) is 0 Å². The van der Waals surface area contributed by atoms with Gasteiger partial charge >= 0.3 is 0 Å². The summed E-state index contributed by atoms with van der Waals surface area (Å²) in [5.41, 5.74) is 2.13. The van der Waals surface area contributed by atoms with E-state index in [1.807, 2.05) is 29.1 Å². The Balaban J connectivity index is 2.26. The minimum Gasteiger partial charge on any atom is -0.310 e. The van der Waals surface area contributed by atoms with Gasteiger partial charge in [0.15, 0.2) is 0 Å². The van der Waals surface area contributed by atoms with Crippen LogP contribution in [-0.2, 0) is 13.0 Å². The molecule has 5 heteroatoms. The SMILES string of the molecule is CCNC(Cc1cnn(CC)c1)c1c(Cl)cccc1Cl. The highest BCUT2D eigenvalue weighted by Crippen LogP contribution is 2.32. The summed E-state index contributed by atoms with van der Waals surface area (Å²) in [6.07, 6.45) is 4.78. The lowest BCUT2D eigenvalue weighted by Gasteiger charge is -2.20. The number of aromatic nitrogens is 2. The largest absolute Gasteiger partial charge is 0.310 e. The summed E-state index contributed by atoms with van der Waals surface area (Å²) in [6.45, 7) is 5.88. The van der Waals surface area contributed by atoms with Crippen LogP contribution in [0.25, 0.3) is 0 Å². The lowest BCUT2D eigenvalue weighted by molar-refractivity contribution is 0.549. The molecule has 3 nitrogen and oxygen atoms in total. The van der Waals surface area contributed by atoms with E-state index < -0.39 is 0 Å². The van der Waals surface area contributed by atoms with E-state index in [-0.39, 0.29) is 6.04 Å². The molecule has 0 spiro atoms. The highest BCUT2D eigenvalue weighted by atomic mass is 35.5. The van der Waals surface area contributed by atoms with Crippen molar-refractivity contribution in [3.63, 3.8) is 0 Å². The summed E-state index contributed by atoms with van der Waals surface area (Å²) in [6, 6.07) is 5.72. The summed E-state index contributed by atoms with van der Waals surface area (Å²) in [5.74, 6) is 0. The quantitative estimate of drug-likeness (QED) is 0.870. The molecule has 0 fully saturated rings. The van der Waals surface area contributed by atoms with Crippen molar-refractivity contribution in [3.05, 3.63) is 51.8 Å². The lowest BCUT2D eigenvalue weighted by Crippen LogP contribution is -2.23. The molecule has 2 rings (SSSR count). The Morgan fingerprint density at radius 1 is 1.25 bits per heavy atom. The summed E-state index contributed by atoms with van der Waals surface area (Å²) >= 11 is 12.6. The summed E-state index contributed by atoms with van der Waals surface area (Å²) in [5, 5.41) is 9.16. The number of halogens is 2. The first-order chi connectivity index (χ1) is 9.65. The smallest absolute Gasteiger partial charge is 0.0522 e. The molecule has 1 unspecified atom stereocenters. The van der Waals surface area contributed by atoms with Crippen molar-refractivity contribution in [2.75, 3.05) is 6.54 Å². The van der Waals surface area contributed by atoms with Crippen molar-refractivity contribution in [1.29, 1.82) is 0 Å². The Hall–Kier alpha value is -1.03. The molecular weight excluding hydrogens is 293 g/mol. The zero-order chi connectivity index (χ0) is 14.5. The molecule has 0 saturated heterocycles. The molecule has 108 valence electrons. The Morgan fingerprint density at radius 3 is 2.50 bits per heavy atom. The standard InChI is InChI=1S/C15H19Cl2N3/c1-3-18-14(8-11-9-19-20(4-2)10-11)15-12(16)6-5-7-13(15)17/h5-7,9-10,14,18H,3-4,8H2,1-2H3. The second kappa shape index (κ2) is 7.11. The zero-order valence-electron chi connectivity index (χ0n) is 11.7. The minimum absolute atomic E-state index is 0.0932. The molecule has 0 radical (unpaired) electrons. The number of hydrogen-bond donors (Lipinski definition) is 1. The minimum atomic E-state index is 0.0932. The average Bonchev–Trinajstić information content (AvgIpc) is 2.86. The van der Waals surface area contributed by atoms with Crippen LogP contribution >= 0.6 is 23.2 Å². The van der Waals surface area contributed by atoms with Crippen molar-refractivity contribution >= 4 is 23.2 Å². The van der Waals surface area contributed by atoms with Crippen LogP contribution in [0.1, 0.15) is 31.0 Å². The van der Waals surface area contributed by atoms with Gasteiger partial charge in [-0.05, 0) is 37.6 Å². The van der Waals surface area contributed by atoms with E-state index in [9.17, 15) is 0 Å². The van der Waals surface area contributed by atoms with E-state index >= 15 is 0 Å². The van der Waals surface area contributed by atoms with Crippen molar-refractivity contribution < 1.29 is 0 Å². The highest BCUT2D eigenvalue weighted by molar-refractivity contribution is 6.36. The number of nitrogens with zero attached hydrogens (tertiary/aromatic N) is 2. The van der Waals surface area contributed by atoms with Crippen molar-refractivity contribution in [3.8, 4) is 0 Å². The van der Waals surface area contributed by atoms with Crippen LogP contribution in [0.5, 0.6) is 0 Å². The van der Waals surface area contributed by atoms with Gasteiger partial charge in [-0.3, -0.25) is 4.68 Å². The Bertz CT molecular complexity index is 546. The molecule has 0 bridgehead atoms. The van der Waals surface area contributed by atoms with Gasteiger partial charge in [-0.1, -0.05) is 36.2 Å². The molecule has 0 aliphatic heterocycles. The van der Waals surface area contributed by atoms with E-state index in [1.54, 1.807) is 0 Å². The first-order valence-electron chi connectivity index (χ1n) is 6.84. The van der Waals surface area contributed by atoms with Gasteiger partial charge in [0.2, 0.25) is 0 Å². The van der Waals surface area contributed by atoms with Crippen molar-refractivity contribution in [2.24, 2.45) is 0 Å². The molecule has 2 aromatic rings. The topological polar surface area (TPSA) is 29.9 Å². The zero-order valence-corrected chi connectivity index (χ0v) is 13.2. The highest BCUT2D eigenvalue weighted by Gasteiger charge is 2.18. The molecule has 1 atom stereocenters. The number of benzene rings is 1. The van der Waals surface area contributed by atoms with Gasteiger partial charge in [0, 0.05) is 34.4 Å². The fraction of sp³-hybridized carbons (Fsp3) is 0.400. The van der Waals surface area contributed by atoms with Gasteiger partial charge in [-0.2, -0.15) is 5.10 Å². The number of hydrogen-bond acceptors (Lipinski definition) is 2. The molecule has 20 heavy (non-hydrogen) atoms. The molecule has 0 aliphatic rings. The van der Waals surface area contributed by atoms with Crippen LogP contribution in [0, 0.1) is 0 Å². The Kier molecular flexibility index (Phi) is 5.46. The Labute approximate surface area is 129 Å². The maximum absolute atomic E-state index is 6.31. The molecule has 1 N–H and O–H groups in total. The Morgan fingerprint density at radius 2 is 1.95 bits per heavy atom. The van der Waals surface area contributed by atoms with Gasteiger partial charge in [-0.15, -0.1) is 0 Å². The summed E-state index contributed by atoms with van der Waals surface area (Å²) in [4.78, 5) is 0. The molecule has 0 saturated carbocycles. The lowest BCUT2D eigenvalue weighted by atomic mass is 10.0. The molecule has 0 aliphatic carbocycles. The molecule has 0 amide bonds. The van der Waals surface area contributed by atoms with Crippen molar-refractivity contribution in [1.82, 2.24) is 15.1 Å². The van der Waals surface area contributed by atoms with E-state index in [2.05, 4.69) is 30.5 Å². The fourth-order valence-electron chi connectivity index (χ4n) is 2.29. The van der Waals surface area contributed by atoms with Crippen LogP contribution in [0.2, 0.25) is 10.0 Å². The average molecular weight is 312 g/mol. The van der Waals surface area contributed by atoms with Crippen molar-refractivity contribution in [2.45, 2.75) is 32.9 Å². The number of nitrogens with one attached hydrogen (secondary N) is 1. The van der Waals surface area contributed by atoms with Crippen LogP contribution in [0.15, 0.2) is 30.6 Å². The third-order valence-electron chi connectivity index (χ3n) is 3.25. The van der Waals surface area contributed by atoms with Gasteiger partial charge in [0.1, 0.15) is 0 Å². The van der Waals surface area contributed by atoms with Gasteiger partial charge in [0.05, 0.1) is 6.20 Å². The van der Waals surface area contributed by atoms with E-state index in [0.29, 0.717) is 10.0 Å². The first-order valence-corrected chi connectivity index (χ1v) is 7.59. The van der Waals surface area contributed by atoms with E-state index in [0.717, 1.165) is 25.1 Å². The normalized spacial score (nSPS) is 12.6. The van der Waals surface area contributed by atoms with E-state index in [4.69, 9.17) is 23.2 Å². The first kappa shape index (κ1) is 15.4. The number of likely N-dealkylation sites (N-methyl/N-ethyl adjacent to an activating group) is 1. The van der Waals surface area contributed by atoms with Crippen LogP contribution in [-0.4, -0.2) is 16.3 Å². The van der Waals surface area contributed by atoms with Crippen LogP contribution < -0.4 is 5.32 Å². The summed E-state index contributed by atoms with van der Waals surface area (Å²) < 4.78 is 1.92. The number of aryl methyl sites for hydroxylation is 1. The fourth-order valence-corrected chi connectivity index (χ4v) is 2.95. The third kappa shape index (κ3) is 3.54. The third-order valence-corrected chi connectivity index (χ3v) is 3.91. The molecule has 1 aromatic heterocycles. The predicted molar refractivity (Wildman–Crippen MR) is 84.5 cm³/mol. The van der Waals surface area contributed by atoms with Gasteiger partial charge < -0.3 is 5.32 Å². The van der Waals surface area contributed by atoms with Gasteiger partial charge in [0.25, 0.3) is 0 Å². The van der Waals surface area contributed by atoms with Gasteiger partial charge in [-0.25, -0.2) is 0 Å². The summed E-state index contributed by atoms with van der Waals surface area (Å²) in [7, 11) is 0.